The van der Waals surface area contributed by atoms with Crippen molar-refractivity contribution in [3.8, 4) is 17.2 Å². The number of quaternary nitrogens is 1. The molecule has 0 bridgehead atoms. The maximum atomic E-state index is 10.9. The van der Waals surface area contributed by atoms with Gasteiger partial charge in [-0.25, -0.2) is 0 Å². The molecule has 5 heteroatoms. The molecule has 1 heterocycles. The van der Waals surface area contributed by atoms with E-state index in [4.69, 9.17) is 9.47 Å². The number of phenols is 1. The van der Waals surface area contributed by atoms with Gasteiger partial charge in [-0.15, -0.1) is 0 Å². The van der Waals surface area contributed by atoms with Crippen molar-refractivity contribution < 1.29 is 19.9 Å². The van der Waals surface area contributed by atoms with Gasteiger partial charge < -0.3 is 25.2 Å². The van der Waals surface area contributed by atoms with Crippen LogP contribution in [0.2, 0.25) is 0 Å². The summed E-state index contributed by atoms with van der Waals surface area (Å²) in [6, 6.07) is 22.1. The molecule has 0 saturated heterocycles. The Labute approximate surface area is 183 Å². The Morgan fingerprint density at radius 3 is 2.55 bits per heavy atom. The lowest BCUT2D eigenvalue weighted by atomic mass is 9.97. The highest BCUT2D eigenvalue weighted by molar-refractivity contribution is 5.67. The lowest BCUT2D eigenvalue weighted by Crippen LogP contribution is -2.89. The Hall–Kier alpha value is -3.44. The molecule has 1 aliphatic heterocycles. The Kier molecular flexibility index (Phi) is 6.14. The lowest BCUT2D eigenvalue weighted by Gasteiger charge is -2.30. The highest BCUT2D eigenvalue weighted by Gasteiger charge is 2.30. The summed E-state index contributed by atoms with van der Waals surface area (Å²) in [5.41, 5.74) is 5.25. The van der Waals surface area contributed by atoms with Crippen LogP contribution in [0, 0.1) is 6.92 Å². The van der Waals surface area contributed by atoms with Gasteiger partial charge in [-0.1, -0.05) is 48.0 Å². The van der Waals surface area contributed by atoms with Crippen LogP contribution in [0.15, 0.2) is 72.8 Å². The number of aryl methyl sites for hydroxylation is 1. The molecule has 0 spiro atoms. The van der Waals surface area contributed by atoms with Crippen LogP contribution in [-0.2, 0) is 0 Å². The van der Waals surface area contributed by atoms with Crippen LogP contribution in [0.3, 0.4) is 0 Å². The molecule has 5 nitrogen and oxygen atoms in total. The smallest absolute Gasteiger partial charge is 0.186 e. The number of nitrogens with two attached hydrogens (primary N) is 1. The number of hydrogen-bond acceptors (Lipinski definition) is 4. The third-order valence-corrected chi connectivity index (χ3v) is 5.56. The highest BCUT2D eigenvalue weighted by Crippen LogP contribution is 2.35. The topological polar surface area (TPSA) is 67.3 Å². The molecule has 4 N–H and O–H groups in total. The van der Waals surface area contributed by atoms with Gasteiger partial charge in [0.1, 0.15) is 11.8 Å². The van der Waals surface area contributed by atoms with Crippen LogP contribution in [0.25, 0.3) is 5.70 Å². The molecule has 0 amide bonds. The number of ether oxygens (including phenoxy) is 2. The second-order valence-corrected chi connectivity index (χ2v) is 7.69. The standard InChI is InChI=1S/C26H28N2O3/c1-4-31-24-10-6-9-21(25(24)29)23-16-22(19-7-5-8-20(15-19)30-3)27-26(28-23)18-13-11-17(2)12-14-18/h5-16,23,26-29H,4H2,1-3H3/p+1. The molecular weight excluding hydrogens is 388 g/mol. The monoisotopic (exact) mass is 417 g/mol. The molecule has 31 heavy (non-hydrogen) atoms. The van der Waals surface area contributed by atoms with Crippen LogP contribution in [0.4, 0.5) is 0 Å². The van der Waals surface area contributed by atoms with E-state index in [-0.39, 0.29) is 18.0 Å². The molecule has 3 aromatic rings. The zero-order chi connectivity index (χ0) is 21.8. The quantitative estimate of drug-likeness (QED) is 0.566. The number of phenolic OH excluding ortho intramolecular Hbond substituents is 1. The Morgan fingerprint density at radius 2 is 1.81 bits per heavy atom. The molecule has 3 aromatic carbocycles. The number of nitrogens with one attached hydrogen (secondary N) is 1. The van der Waals surface area contributed by atoms with Crippen molar-refractivity contribution in [1.29, 1.82) is 0 Å². The van der Waals surface area contributed by atoms with E-state index in [0.717, 1.165) is 22.6 Å². The van der Waals surface area contributed by atoms with Gasteiger partial charge in [-0.05, 0) is 38.1 Å². The van der Waals surface area contributed by atoms with Gasteiger partial charge in [0, 0.05) is 22.9 Å². The van der Waals surface area contributed by atoms with Crippen LogP contribution in [0.1, 0.15) is 41.4 Å². The summed E-state index contributed by atoms with van der Waals surface area (Å²) in [7, 11) is 1.67. The molecule has 0 aromatic heterocycles. The van der Waals surface area contributed by atoms with Crippen molar-refractivity contribution >= 4 is 5.70 Å². The first-order chi connectivity index (χ1) is 15.1. The fourth-order valence-electron chi connectivity index (χ4n) is 3.92. The number of methoxy groups -OCH3 is 1. The Bertz CT molecular complexity index is 1080. The Morgan fingerprint density at radius 1 is 1.03 bits per heavy atom. The van der Waals surface area contributed by atoms with E-state index in [9.17, 15) is 5.11 Å². The number of hydrogen-bond donors (Lipinski definition) is 3. The number of aromatic hydroxyl groups is 1. The first-order valence-corrected chi connectivity index (χ1v) is 10.6. The summed E-state index contributed by atoms with van der Waals surface area (Å²) < 4.78 is 11.0. The molecule has 160 valence electrons. The summed E-state index contributed by atoms with van der Waals surface area (Å²) in [4.78, 5) is 0. The number of para-hydroxylation sites is 1. The summed E-state index contributed by atoms with van der Waals surface area (Å²) in [5, 5.41) is 16.8. The van der Waals surface area contributed by atoms with E-state index in [0.29, 0.717) is 12.4 Å². The molecule has 2 atom stereocenters. The van der Waals surface area contributed by atoms with Gasteiger partial charge in [0.05, 0.1) is 19.3 Å². The normalized spacial score (nSPS) is 18.1. The lowest BCUT2D eigenvalue weighted by molar-refractivity contribution is -0.731. The van der Waals surface area contributed by atoms with E-state index in [1.807, 2.05) is 37.3 Å². The number of rotatable bonds is 6. The zero-order valence-electron chi connectivity index (χ0n) is 18.1. The van der Waals surface area contributed by atoms with Crippen molar-refractivity contribution in [2.45, 2.75) is 26.1 Å². The molecule has 4 rings (SSSR count). The van der Waals surface area contributed by atoms with Crippen molar-refractivity contribution in [3.63, 3.8) is 0 Å². The Balaban J connectivity index is 1.77. The minimum Gasteiger partial charge on any atom is -0.504 e. The van der Waals surface area contributed by atoms with E-state index in [1.54, 1.807) is 13.2 Å². The minimum absolute atomic E-state index is 0.00745. The summed E-state index contributed by atoms with van der Waals surface area (Å²) in [5.74, 6) is 1.51. The van der Waals surface area contributed by atoms with Gasteiger partial charge in [0.2, 0.25) is 0 Å². The average Bonchev–Trinajstić information content (AvgIpc) is 2.81. The number of benzene rings is 3. The summed E-state index contributed by atoms with van der Waals surface area (Å²) >= 11 is 0. The van der Waals surface area contributed by atoms with Crippen molar-refractivity contribution in [1.82, 2.24) is 5.32 Å². The van der Waals surface area contributed by atoms with Gasteiger partial charge in [-0.3, -0.25) is 0 Å². The maximum absolute atomic E-state index is 10.9. The first kappa shape index (κ1) is 20.8. The average molecular weight is 418 g/mol. The SMILES string of the molecule is CCOc1cccc(C2C=C(c3cccc(OC)c3)NC(c3ccc(C)cc3)[NH2+]2)c1O. The van der Waals surface area contributed by atoms with E-state index < -0.39 is 0 Å². The van der Waals surface area contributed by atoms with E-state index >= 15 is 0 Å². The first-order valence-electron chi connectivity index (χ1n) is 10.6. The van der Waals surface area contributed by atoms with Crippen LogP contribution in [0.5, 0.6) is 17.2 Å². The van der Waals surface area contributed by atoms with Crippen LogP contribution in [-0.4, -0.2) is 18.8 Å². The summed E-state index contributed by atoms with van der Waals surface area (Å²) in [6.45, 7) is 4.50. The van der Waals surface area contributed by atoms with Crippen molar-refractivity contribution in [2.75, 3.05) is 13.7 Å². The predicted octanol–water partition coefficient (Wildman–Crippen LogP) is 4.06. The summed E-state index contributed by atoms with van der Waals surface area (Å²) in [6.07, 6.45) is 2.14. The van der Waals surface area contributed by atoms with Gasteiger partial charge in [0.25, 0.3) is 0 Å². The van der Waals surface area contributed by atoms with E-state index in [1.165, 1.54) is 11.1 Å². The molecule has 0 radical (unpaired) electrons. The zero-order valence-corrected chi connectivity index (χ0v) is 18.1. The maximum Gasteiger partial charge on any atom is 0.186 e. The fourth-order valence-corrected chi connectivity index (χ4v) is 3.92. The fraction of sp³-hybridized carbons (Fsp3) is 0.231. The molecule has 0 saturated carbocycles. The predicted molar refractivity (Wildman–Crippen MR) is 122 cm³/mol. The largest absolute Gasteiger partial charge is 0.504 e. The third-order valence-electron chi connectivity index (χ3n) is 5.56. The molecule has 0 aliphatic carbocycles. The molecular formula is C26H29N2O3+. The second kappa shape index (κ2) is 9.14. The third kappa shape index (κ3) is 4.52. The van der Waals surface area contributed by atoms with Crippen LogP contribution >= 0.6 is 0 Å². The highest BCUT2D eigenvalue weighted by atomic mass is 16.5. The van der Waals surface area contributed by atoms with Crippen molar-refractivity contribution in [2.24, 2.45) is 0 Å². The molecule has 2 unspecified atom stereocenters. The second-order valence-electron chi connectivity index (χ2n) is 7.69. The van der Waals surface area contributed by atoms with Crippen molar-refractivity contribution in [3.05, 3.63) is 95.1 Å². The van der Waals surface area contributed by atoms with Gasteiger partial charge in [-0.2, -0.15) is 0 Å². The van der Waals surface area contributed by atoms with Gasteiger partial charge in [0.15, 0.2) is 17.7 Å². The molecule has 0 fully saturated rings. The molecule has 1 aliphatic rings. The van der Waals surface area contributed by atoms with E-state index in [2.05, 4.69) is 54.0 Å². The van der Waals surface area contributed by atoms with Gasteiger partial charge >= 0.3 is 0 Å². The van der Waals surface area contributed by atoms with Crippen LogP contribution < -0.4 is 20.1 Å². The minimum atomic E-state index is -0.0887.